The lowest BCUT2D eigenvalue weighted by Crippen LogP contribution is -2.44. The van der Waals surface area contributed by atoms with E-state index in [-0.39, 0.29) is 12.6 Å². The molecule has 7 heteroatoms. The predicted molar refractivity (Wildman–Crippen MR) is 74.9 cm³/mol. The summed E-state index contributed by atoms with van der Waals surface area (Å²) < 4.78 is 15.8. The van der Waals surface area contributed by atoms with Gasteiger partial charge in [0.25, 0.3) is 0 Å². The fourth-order valence-corrected chi connectivity index (χ4v) is 3.11. The maximum absolute atomic E-state index is 7.81. The quantitative estimate of drug-likeness (QED) is 0.520. The van der Waals surface area contributed by atoms with Gasteiger partial charge in [-0.2, -0.15) is 0 Å². The Hall–Kier alpha value is -0.0231. The number of hydrogen-bond donors (Lipinski definition) is 3. The van der Waals surface area contributed by atoms with Gasteiger partial charge in [0.2, 0.25) is 0 Å². The summed E-state index contributed by atoms with van der Waals surface area (Å²) in [6.07, 6.45) is 2.26. The van der Waals surface area contributed by atoms with Crippen molar-refractivity contribution in [2.45, 2.75) is 31.3 Å². The van der Waals surface area contributed by atoms with Crippen LogP contribution in [-0.4, -0.2) is 54.4 Å². The van der Waals surface area contributed by atoms with E-state index in [1.807, 2.05) is 0 Å². The summed E-state index contributed by atoms with van der Waals surface area (Å²) in [4.78, 5) is 0. The normalized spacial score (nSPS) is 12.8. The summed E-state index contributed by atoms with van der Waals surface area (Å²) in [6.45, 7) is 4.18. The molecule has 1 radical (unpaired) electrons. The number of aliphatic hydroxyl groups is 1. The molecule has 0 aliphatic heterocycles. The zero-order chi connectivity index (χ0) is 14.4. The highest BCUT2D eigenvalue weighted by Crippen LogP contribution is 2.16. The molecule has 0 heterocycles. The molecule has 0 aliphatic rings. The number of nitrogens with two attached hydrogens (primary N) is 2. The first-order chi connectivity index (χ1) is 8.55. The lowest BCUT2D eigenvalue weighted by molar-refractivity contribution is 0.122. The monoisotopic (exact) mass is 281 g/mol. The Morgan fingerprint density at radius 2 is 1.61 bits per heavy atom. The molecular weight excluding hydrogens is 252 g/mol. The van der Waals surface area contributed by atoms with Gasteiger partial charge in [-0.05, 0) is 25.8 Å². The van der Waals surface area contributed by atoms with Crippen molar-refractivity contribution < 1.29 is 18.4 Å². The molecule has 0 bridgehead atoms. The van der Waals surface area contributed by atoms with Crippen LogP contribution < -0.4 is 11.5 Å². The average molecular weight is 281 g/mol. The SMILES string of the molecule is CO[Si](CCC(N)CCN)(OC)OC.[CH2]CCO. The summed E-state index contributed by atoms with van der Waals surface area (Å²) >= 11 is 0. The minimum absolute atomic E-state index is 0.104. The summed E-state index contributed by atoms with van der Waals surface area (Å²) in [6, 6.07) is 0.838. The highest BCUT2D eigenvalue weighted by molar-refractivity contribution is 6.60. The highest BCUT2D eigenvalue weighted by Gasteiger charge is 2.37. The third kappa shape index (κ3) is 9.95. The van der Waals surface area contributed by atoms with Crippen LogP contribution in [0, 0.1) is 6.92 Å². The highest BCUT2D eigenvalue weighted by atomic mass is 28.4. The van der Waals surface area contributed by atoms with Crippen molar-refractivity contribution in [1.29, 1.82) is 0 Å². The Kier molecular flexibility index (Phi) is 15.1. The van der Waals surface area contributed by atoms with Gasteiger partial charge in [0.15, 0.2) is 0 Å². The Morgan fingerprint density at radius 3 is 1.89 bits per heavy atom. The van der Waals surface area contributed by atoms with Gasteiger partial charge in [0, 0.05) is 40.0 Å². The molecule has 0 saturated heterocycles. The second-order valence-corrected chi connectivity index (χ2v) is 6.84. The number of aliphatic hydroxyl groups excluding tert-OH is 1. The van der Waals surface area contributed by atoms with E-state index in [0.717, 1.165) is 18.9 Å². The Balaban J connectivity index is 0. The topological polar surface area (TPSA) is 100.0 Å². The number of rotatable bonds is 9. The molecule has 6 nitrogen and oxygen atoms in total. The van der Waals surface area contributed by atoms with E-state index < -0.39 is 8.80 Å². The van der Waals surface area contributed by atoms with Gasteiger partial charge in [-0.1, -0.05) is 6.92 Å². The van der Waals surface area contributed by atoms with Crippen molar-refractivity contribution in [2.75, 3.05) is 34.5 Å². The standard InChI is InChI=1S/C8H22N2O3Si.C3H7O/c1-11-14(12-2,13-3)7-5-8(10)4-6-9;1-2-3-4/h8H,4-7,9-10H2,1-3H3;4H,1-3H2. The van der Waals surface area contributed by atoms with E-state index in [1.54, 1.807) is 21.3 Å². The Bertz CT molecular complexity index is 161. The van der Waals surface area contributed by atoms with Crippen molar-refractivity contribution >= 4 is 8.80 Å². The molecule has 111 valence electrons. The van der Waals surface area contributed by atoms with Crippen molar-refractivity contribution in [2.24, 2.45) is 11.5 Å². The lowest BCUT2D eigenvalue weighted by Gasteiger charge is -2.25. The van der Waals surface area contributed by atoms with E-state index in [4.69, 9.17) is 29.9 Å². The van der Waals surface area contributed by atoms with Gasteiger partial charge in [-0.3, -0.25) is 0 Å². The van der Waals surface area contributed by atoms with Gasteiger partial charge in [-0.15, -0.1) is 0 Å². The fraction of sp³-hybridized carbons (Fsp3) is 0.909. The summed E-state index contributed by atoms with van der Waals surface area (Å²) in [7, 11) is 2.38. The smallest absolute Gasteiger partial charge is 0.396 e. The minimum atomic E-state index is -2.43. The molecule has 0 fully saturated rings. The van der Waals surface area contributed by atoms with Gasteiger partial charge in [0.05, 0.1) is 0 Å². The molecule has 1 unspecified atom stereocenters. The predicted octanol–water partition coefficient (Wildman–Crippen LogP) is 0.134. The maximum Gasteiger partial charge on any atom is 0.500 e. The number of hydrogen-bond acceptors (Lipinski definition) is 6. The lowest BCUT2D eigenvalue weighted by atomic mass is 10.2. The molecule has 0 amide bonds. The third-order valence-corrected chi connectivity index (χ3v) is 5.22. The first-order valence-corrected chi connectivity index (χ1v) is 8.00. The molecule has 0 saturated carbocycles. The van der Waals surface area contributed by atoms with Gasteiger partial charge in [0.1, 0.15) is 0 Å². The molecule has 18 heavy (non-hydrogen) atoms. The van der Waals surface area contributed by atoms with Crippen molar-refractivity contribution in [3.05, 3.63) is 6.92 Å². The van der Waals surface area contributed by atoms with Crippen LogP contribution in [0.15, 0.2) is 0 Å². The summed E-state index contributed by atoms with van der Waals surface area (Å²) in [5.41, 5.74) is 11.2. The molecular formula is C11H29N2O4Si. The van der Waals surface area contributed by atoms with E-state index in [1.165, 1.54) is 0 Å². The second kappa shape index (κ2) is 13.4. The van der Waals surface area contributed by atoms with E-state index >= 15 is 0 Å². The third-order valence-electron chi connectivity index (χ3n) is 2.45. The van der Waals surface area contributed by atoms with Gasteiger partial charge < -0.3 is 29.9 Å². The van der Waals surface area contributed by atoms with Crippen LogP contribution in [0.4, 0.5) is 0 Å². The van der Waals surface area contributed by atoms with Crippen molar-refractivity contribution in [1.82, 2.24) is 0 Å². The average Bonchev–Trinajstić information content (AvgIpc) is 2.41. The van der Waals surface area contributed by atoms with Crippen LogP contribution in [0.1, 0.15) is 19.3 Å². The van der Waals surface area contributed by atoms with Gasteiger partial charge >= 0.3 is 8.80 Å². The van der Waals surface area contributed by atoms with E-state index in [9.17, 15) is 0 Å². The summed E-state index contributed by atoms with van der Waals surface area (Å²) in [5, 5.41) is 7.81. The molecule has 5 N–H and O–H groups in total. The molecule has 0 spiro atoms. The van der Waals surface area contributed by atoms with Crippen LogP contribution in [-0.2, 0) is 13.3 Å². The molecule has 0 aromatic rings. The van der Waals surface area contributed by atoms with Crippen LogP contribution in [0.3, 0.4) is 0 Å². The Labute approximate surface area is 112 Å². The molecule has 1 atom stereocenters. The van der Waals surface area contributed by atoms with Crippen molar-refractivity contribution in [3.63, 3.8) is 0 Å². The summed E-state index contributed by atoms with van der Waals surface area (Å²) in [5.74, 6) is 0. The van der Waals surface area contributed by atoms with Crippen molar-refractivity contribution in [3.8, 4) is 0 Å². The molecule has 0 aromatic heterocycles. The van der Waals surface area contributed by atoms with Crippen LogP contribution in [0.5, 0.6) is 0 Å². The van der Waals surface area contributed by atoms with Crippen LogP contribution in [0.2, 0.25) is 6.04 Å². The Morgan fingerprint density at radius 1 is 1.17 bits per heavy atom. The van der Waals surface area contributed by atoms with Crippen LogP contribution >= 0.6 is 0 Å². The second-order valence-electron chi connectivity index (χ2n) is 3.75. The van der Waals surface area contributed by atoms with E-state index in [0.29, 0.717) is 13.0 Å². The maximum atomic E-state index is 7.81. The first-order valence-electron chi connectivity index (χ1n) is 6.06. The first kappa shape index (κ1) is 20.3. The fourth-order valence-electron chi connectivity index (χ4n) is 1.28. The minimum Gasteiger partial charge on any atom is -0.396 e. The van der Waals surface area contributed by atoms with E-state index in [2.05, 4.69) is 6.92 Å². The zero-order valence-corrected chi connectivity index (χ0v) is 12.9. The largest absolute Gasteiger partial charge is 0.500 e. The molecule has 0 rings (SSSR count). The van der Waals surface area contributed by atoms with Crippen LogP contribution in [0.25, 0.3) is 0 Å². The zero-order valence-electron chi connectivity index (χ0n) is 11.9. The van der Waals surface area contributed by atoms with Gasteiger partial charge in [-0.25, -0.2) is 0 Å². The molecule has 0 aromatic carbocycles. The molecule has 0 aliphatic carbocycles.